The van der Waals surface area contributed by atoms with Crippen LogP contribution in [0.5, 0.6) is 5.75 Å². The average molecular weight is 261 g/mol. The van der Waals surface area contributed by atoms with Gasteiger partial charge >= 0.3 is 0 Å². The van der Waals surface area contributed by atoms with Crippen molar-refractivity contribution in [2.75, 3.05) is 0 Å². The minimum absolute atomic E-state index is 0.266. The first-order valence-corrected chi connectivity index (χ1v) is 6.60. The highest BCUT2D eigenvalue weighted by Gasteiger charge is 2.07. The first kappa shape index (κ1) is 12.4. The fourth-order valence-corrected chi connectivity index (χ4v) is 2.35. The van der Waals surface area contributed by atoms with Gasteiger partial charge in [-0.3, -0.25) is 0 Å². The topological polar surface area (TPSA) is 33.1 Å². The van der Waals surface area contributed by atoms with Gasteiger partial charge in [0.1, 0.15) is 5.75 Å². The maximum absolute atomic E-state index is 9.63. The molecule has 0 saturated carbocycles. The molecule has 0 bridgehead atoms. The van der Waals surface area contributed by atoms with Gasteiger partial charge in [0.25, 0.3) is 0 Å². The van der Waals surface area contributed by atoms with Gasteiger partial charge in [0.05, 0.1) is 11.2 Å². The maximum Gasteiger partial charge on any atom is 0.116 e. The number of para-hydroxylation sites is 1. The Morgan fingerprint density at radius 1 is 1.00 bits per heavy atom. The van der Waals surface area contributed by atoms with Crippen molar-refractivity contribution in [1.29, 1.82) is 0 Å². The van der Waals surface area contributed by atoms with Crippen molar-refractivity contribution in [3.63, 3.8) is 0 Å². The number of allylic oxidation sites excluding steroid dienone is 1. The van der Waals surface area contributed by atoms with E-state index in [-0.39, 0.29) is 5.75 Å². The third-order valence-corrected chi connectivity index (χ3v) is 3.32. The van der Waals surface area contributed by atoms with Gasteiger partial charge in [0.2, 0.25) is 0 Å². The van der Waals surface area contributed by atoms with Crippen LogP contribution >= 0.6 is 0 Å². The zero-order valence-corrected chi connectivity index (χ0v) is 11.2. The quantitative estimate of drug-likeness (QED) is 0.742. The molecule has 98 valence electrons. The summed E-state index contributed by atoms with van der Waals surface area (Å²) in [5, 5.41) is 10.8. The van der Waals surface area contributed by atoms with E-state index in [9.17, 15) is 5.11 Å². The molecule has 1 aromatic heterocycles. The van der Waals surface area contributed by atoms with E-state index in [1.807, 2.05) is 49.4 Å². The summed E-state index contributed by atoms with van der Waals surface area (Å²) in [4.78, 5) is 4.70. The molecule has 0 aliphatic rings. The van der Waals surface area contributed by atoms with Crippen molar-refractivity contribution < 1.29 is 5.11 Å². The molecule has 2 aromatic carbocycles. The molecule has 0 radical (unpaired) electrons. The minimum Gasteiger partial charge on any atom is -0.508 e. The lowest BCUT2D eigenvalue weighted by molar-refractivity contribution is 0.475. The Kier molecular flexibility index (Phi) is 3.21. The van der Waals surface area contributed by atoms with E-state index < -0.39 is 0 Å². The number of benzene rings is 2. The summed E-state index contributed by atoms with van der Waals surface area (Å²) in [5.74, 6) is 0.266. The zero-order valence-electron chi connectivity index (χ0n) is 11.2. The SMILES string of the molecule is C/C=C(/c1cccc(O)c1)c1ccc2ccccc2n1. The highest BCUT2D eigenvalue weighted by atomic mass is 16.3. The maximum atomic E-state index is 9.63. The summed E-state index contributed by atoms with van der Waals surface area (Å²) < 4.78 is 0. The molecular formula is C18H15NO. The second-order valence-electron chi connectivity index (χ2n) is 4.64. The Hall–Kier alpha value is -2.61. The first-order chi connectivity index (χ1) is 9.78. The molecule has 2 heteroatoms. The van der Waals surface area contributed by atoms with Crippen molar-refractivity contribution >= 4 is 16.5 Å². The summed E-state index contributed by atoms with van der Waals surface area (Å²) in [6.45, 7) is 1.98. The Bertz CT molecular complexity index is 790. The summed E-state index contributed by atoms with van der Waals surface area (Å²) in [6, 6.07) is 19.4. The van der Waals surface area contributed by atoms with E-state index in [1.165, 1.54) is 0 Å². The van der Waals surface area contributed by atoms with Crippen LogP contribution in [0.2, 0.25) is 0 Å². The minimum atomic E-state index is 0.266. The zero-order chi connectivity index (χ0) is 13.9. The number of pyridine rings is 1. The standard InChI is InChI=1S/C18H15NO/c1-2-16(14-7-5-8-15(20)12-14)18-11-10-13-6-3-4-9-17(13)19-18/h2-12,20H,1H3/b16-2-. The molecule has 1 heterocycles. The molecule has 0 fully saturated rings. The van der Waals surface area contributed by atoms with E-state index >= 15 is 0 Å². The summed E-state index contributed by atoms with van der Waals surface area (Å²) in [6.07, 6.45) is 2.02. The average Bonchev–Trinajstić information content (AvgIpc) is 2.48. The molecule has 0 saturated heterocycles. The number of hydrogen-bond donors (Lipinski definition) is 1. The number of nitrogens with zero attached hydrogens (tertiary/aromatic N) is 1. The Morgan fingerprint density at radius 3 is 2.65 bits per heavy atom. The third-order valence-electron chi connectivity index (χ3n) is 3.32. The second kappa shape index (κ2) is 5.17. The fourth-order valence-electron chi connectivity index (χ4n) is 2.35. The number of phenolic OH excluding ortho intramolecular Hbond substituents is 1. The van der Waals surface area contributed by atoms with Gasteiger partial charge in [0, 0.05) is 11.0 Å². The Balaban J connectivity index is 2.12. The lowest BCUT2D eigenvalue weighted by Gasteiger charge is -2.08. The number of phenols is 1. The van der Waals surface area contributed by atoms with Gasteiger partial charge in [-0.25, -0.2) is 4.98 Å². The summed E-state index contributed by atoms with van der Waals surface area (Å²) in [7, 11) is 0. The normalized spacial score (nSPS) is 11.8. The van der Waals surface area contributed by atoms with Gasteiger partial charge in [-0.05, 0) is 36.8 Å². The smallest absolute Gasteiger partial charge is 0.116 e. The number of aromatic hydroxyl groups is 1. The van der Waals surface area contributed by atoms with Crippen LogP contribution in [-0.4, -0.2) is 10.1 Å². The molecule has 2 nitrogen and oxygen atoms in total. The van der Waals surface area contributed by atoms with E-state index in [1.54, 1.807) is 12.1 Å². The van der Waals surface area contributed by atoms with Crippen molar-refractivity contribution in [2.24, 2.45) is 0 Å². The number of fused-ring (bicyclic) bond motifs is 1. The molecule has 0 atom stereocenters. The van der Waals surface area contributed by atoms with E-state index in [4.69, 9.17) is 4.98 Å². The number of rotatable bonds is 2. The van der Waals surface area contributed by atoms with Crippen molar-refractivity contribution in [2.45, 2.75) is 6.92 Å². The second-order valence-corrected chi connectivity index (χ2v) is 4.64. The third kappa shape index (κ3) is 2.28. The highest BCUT2D eigenvalue weighted by molar-refractivity contribution is 5.84. The molecule has 0 aliphatic heterocycles. The van der Waals surface area contributed by atoms with Crippen molar-refractivity contribution in [3.8, 4) is 5.75 Å². The molecule has 3 rings (SSSR count). The summed E-state index contributed by atoms with van der Waals surface area (Å²) >= 11 is 0. The van der Waals surface area contributed by atoms with Crippen LogP contribution in [0.3, 0.4) is 0 Å². The van der Waals surface area contributed by atoms with Crippen molar-refractivity contribution in [3.05, 3.63) is 78.0 Å². The van der Waals surface area contributed by atoms with Gasteiger partial charge in [-0.15, -0.1) is 0 Å². The summed E-state index contributed by atoms with van der Waals surface area (Å²) in [5.41, 5.74) is 3.88. The van der Waals surface area contributed by atoms with Gasteiger partial charge in [0.15, 0.2) is 0 Å². The molecule has 20 heavy (non-hydrogen) atoms. The van der Waals surface area contributed by atoms with Gasteiger partial charge in [-0.2, -0.15) is 0 Å². The first-order valence-electron chi connectivity index (χ1n) is 6.60. The molecule has 0 amide bonds. The van der Waals surface area contributed by atoms with Crippen LogP contribution in [0.25, 0.3) is 16.5 Å². The Labute approximate surface area is 118 Å². The predicted octanol–water partition coefficient (Wildman–Crippen LogP) is 4.39. The number of hydrogen-bond acceptors (Lipinski definition) is 2. The van der Waals surface area contributed by atoms with Crippen LogP contribution in [0.15, 0.2) is 66.7 Å². The fraction of sp³-hybridized carbons (Fsp3) is 0.0556. The van der Waals surface area contributed by atoms with E-state index in [0.29, 0.717) is 0 Å². The van der Waals surface area contributed by atoms with Crippen LogP contribution in [0, 0.1) is 0 Å². The van der Waals surface area contributed by atoms with Crippen LogP contribution in [0.1, 0.15) is 18.2 Å². The highest BCUT2D eigenvalue weighted by Crippen LogP contribution is 2.26. The lowest BCUT2D eigenvalue weighted by atomic mass is 10.0. The van der Waals surface area contributed by atoms with Crippen molar-refractivity contribution in [1.82, 2.24) is 4.98 Å². The monoisotopic (exact) mass is 261 g/mol. The van der Waals surface area contributed by atoms with Crippen LogP contribution in [-0.2, 0) is 0 Å². The molecule has 1 N–H and O–H groups in total. The molecule has 0 spiro atoms. The van der Waals surface area contributed by atoms with E-state index in [2.05, 4.69) is 12.1 Å². The lowest BCUT2D eigenvalue weighted by Crippen LogP contribution is -1.92. The van der Waals surface area contributed by atoms with Gasteiger partial charge in [-0.1, -0.05) is 42.5 Å². The number of aromatic nitrogens is 1. The molecular weight excluding hydrogens is 246 g/mol. The van der Waals surface area contributed by atoms with E-state index in [0.717, 1.165) is 27.7 Å². The predicted molar refractivity (Wildman–Crippen MR) is 82.6 cm³/mol. The van der Waals surface area contributed by atoms with Gasteiger partial charge < -0.3 is 5.11 Å². The molecule has 0 aliphatic carbocycles. The largest absolute Gasteiger partial charge is 0.508 e. The van der Waals surface area contributed by atoms with Crippen LogP contribution < -0.4 is 0 Å². The molecule has 3 aromatic rings. The molecule has 0 unspecified atom stereocenters. The Morgan fingerprint density at radius 2 is 1.85 bits per heavy atom. The van der Waals surface area contributed by atoms with Crippen LogP contribution in [0.4, 0.5) is 0 Å².